The molecule has 1 aromatic rings. The highest BCUT2D eigenvalue weighted by Crippen LogP contribution is 2.30. The van der Waals surface area contributed by atoms with Crippen LogP contribution in [-0.2, 0) is 9.59 Å². The molecule has 0 aliphatic rings. The summed E-state index contributed by atoms with van der Waals surface area (Å²) in [5.74, 6) is 4.16. The minimum atomic E-state index is -0.924. The van der Waals surface area contributed by atoms with Crippen LogP contribution in [0.4, 0.5) is 5.69 Å². The van der Waals surface area contributed by atoms with E-state index in [1.54, 1.807) is 23.6 Å². The molecule has 7 nitrogen and oxygen atoms in total. The summed E-state index contributed by atoms with van der Waals surface area (Å²) in [7, 11) is 0. The topological polar surface area (TPSA) is 103 Å². The Bertz CT molecular complexity index is 462. The van der Waals surface area contributed by atoms with Crippen molar-refractivity contribution >= 4 is 17.5 Å². The molecular formula is C12H17N3O4. The second kappa shape index (κ2) is 7.22. The highest BCUT2D eigenvalue weighted by molar-refractivity contribution is 6.39. The van der Waals surface area contributed by atoms with E-state index in [0.717, 1.165) is 0 Å². The molecule has 0 fully saturated rings. The molecule has 0 bridgehead atoms. The van der Waals surface area contributed by atoms with Gasteiger partial charge in [-0.25, -0.2) is 5.84 Å². The largest absolute Gasteiger partial charge is 0.490 e. The van der Waals surface area contributed by atoms with Crippen molar-refractivity contribution in [1.29, 1.82) is 0 Å². The van der Waals surface area contributed by atoms with Gasteiger partial charge in [-0.2, -0.15) is 0 Å². The van der Waals surface area contributed by atoms with Gasteiger partial charge in [0.05, 0.1) is 13.2 Å². The molecule has 2 amide bonds. The number of amides is 2. The van der Waals surface area contributed by atoms with Crippen LogP contribution in [0.1, 0.15) is 13.8 Å². The van der Waals surface area contributed by atoms with Crippen molar-refractivity contribution in [2.75, 3.05) is 18.5 Å². The number of benzene rings is 1. The number of hydrogen-bond acceptors (Lipinski definition) is 5. The first kappa shape index (κ1) is 14.8. The van der Waals surface area contributed by atoms with Gasteiger partial charge in [-0.15, -0.1) is 0 Å². The molecule has 104 valence electrons. The van der Waals surface area contributed by atoms with Crippen molar-refractivity contribution in [3.05, 3.63) is 18.2 Å². The molecule has 0 aromatic heterocycles. The third kappa shape index (κ3) is 4.14. The third-order valence-corrected chi connectivity index (χ3v) is 2.14. The molecule has 7 heteroatoms. The molecule has 0 aliphatic carbocycles. The van der Waals surface area contributed by atoms with Gasteiger partial charge >= 0.3 is 11.8 Å². The molecule has 0 atom stereocenters. The zero-order chi connectivity index (χ0) is 14.3. The number of nitrogens with two attached hydrogens (primary N) is 1. The predicted octanol–water partition coefficient (Wildman–Crippen LogP) is 0.412. The van der Waals surface area contributed by atoms with E-state index in [2.05, 4.69) is 5.32 Å². The summed E-state index contributed by atoms with van der Waals surface area (Å²) in [6.07, 6.45) is 0. The Morgan fingerprint density at radius 1 is 1.11 bits per heavy atom. The first-order valence-corrected chi connectivity index (χ1v) is 5.83. The molecule has 19 heavy (non-hydrogen) atoms. The number of carbonyl (C=O) groups is 2. The van der Waals surface area contributed by atoms with E-state index in [4.69, 9.17) is 15.3 Å². The Morgan fingerprint density at radius 3 is 2.32 bits per heavy atom. The Kier molecular flexibility index (Phi) is 5.62. The first-order chi connectivity index (χ1) is 9.12. The van der Waals surface area contributed by atoms with Crippen LogP contribution in [0, 0.1) is 0 Å². The average Bonchev–Trinajstić information content (AvgIpc) is 2.41. The van der Waals surface area contributed by atoms with E-state index in [0.29, 0.717) is 30.4 Å². The fourth-order valence-electron chi connectivity index (χ4n) is 1.38. The SMILES string of the molecule is CCOc1ccc(NC(=O)C(=O)NN)cc1OCC. The zero-order valence-corrected chi connectivity index (χ0v) is 10.9. The van der Waals surface area contributed by atoms with Gasteiger partial charge in [0, 0.05) is 11.8 Å². The van der Waals surface area contributed by atoms with Crippen LogP contribution in [0.3, 0.4) is 0 Å². The van der Waals surface area contributed by atoms with Crippen LogP contribution in [0.2, 0.25) is 0 Å². The van der Waals surface area contributed by atoms with Crippen LogP contribution < -0.4 is 26.1 Å². The molecule has 0 spiro atoms. The Hall–Kier alpha value is -2.28. The minimum absolute atomic E-state index is 0.417. The summed E-state index contributed by atoms with van der Waals surface area (Å²) in [5, 5.41) is 2.39. The third-order valence-electron chi connectivity index (χ3n) is 2.14. The highest BCUT2D eigenvalue weighted by Gasteiger charge is 2.13. The molecule has 0 aliphatic heterocycles. The Morgan fingerprint density at radius 2 is 1.74 bits per heavy atom. The van der Waals surface area contributed by atoms with Crippen molar-refractivity contribution < 1.29 is 19.1 Å². The van der Waals surface area contributed by atoms with Crippen LogP contribution in [0.15, 0.2) is 18.2 Å². The van der Waals surface area contributed by atoms with E-state index in [-0.39, 0.29) is 0 Å². The number of ether oxygens (including phenoxy) is 2. The number of nitrogens with one attached hydrogen (secondary N) is 2. The van der Waals surface area contributed by atoms with Crippen molar-refractivity contribution in [2.45, 2.75) is 13.8 Å². The van der Waals surface area contributed by atoms with E-state index < -0.39 is 11.8 Å². The highest BCUT2D eigenvalue weighted by atomic mass is 16.5. The van der Waals surface area contributed by atoms with Crippen LogP contribution in [0.5, 0.6) is 11.5 Å². The van der Waals surface area contributed by atoms with Gasteiger partial charge < -0.3 is 14.8 Å². The monoisotopic (exact) mass is 267 g/mol. The molecule has 0 saturated carbocycles. The first-order valence-electron chi connectivity index (χ1n) is 5.83. The van der Waals surface area contributed by atoms with E-state index >= 15 is 0 Å². The van der Waals surface area contributed by atoms with Gasteiger partial charge in [-0.3, -0.25) is 15.0 Å². The average molecular weight is 267 g/mol. The van der Waals surface area contributed by atoms with Gasteiger partial charge in [-0.05, 0) is 26.0 Å². The molecule has 1 rings (SSSR count). The molecule has 0 radical (unpaired) electrons. The fourth-order valence-corrected chi connectivity index (χ4v) is 1.38. The lowest BCUT2D eigenvalue weighted by molar-refractivity contribution is -0.136. The van der Waals surface area contributed by atoms with Gasteiger partial charge in [0.2, 0.25) is 0 Å². The second-order valence-corrected chi connectivity index (χ2v) is 3.46. The van der Waals surface area contributed by atoms with Crippen molar-refractivity contribution in [3.8, 4) is 11.5 Å². The van der Waals surface area contributed by atoms with Crippen LogP contribution >= 0.6 is 0 Å². The van der Waals surface area contributed by atoms with Gasteiger partial charge in [0.1, 0.15) is 0 Å². The van der Waals surface area contributed by atoms with Crippen molar-refractivity contribution in [3.63, 3.8) is 0 Å². The smallest absolute Gasteiger partial charge is 0.323 e. The normalized spacial score (nSPS) is 9.63. The van der Waals surface area contributed by atoms with Crippen LogP contribution in [-0.4, -0.2) is 25.0 Å². The summed E-state index contributed by atoms with van der Waals surface area (Å²) in [6, 6.07) is 4.84. The molecular weight excluding hydrogens is 250 g/mol. The number of carbonyl (C=O) groups excluding carboxylic acids is 2. The summed E-state index contributed by atoms with van der Waals surface area (Å²) >= 11 is 0. The van der Waals surface area contributed by atoms with Gasteiger partial charge in [-0.1, -0.05) is 0 Å². The molecule has 0 unspecified atom stereocenters. The quantitative estimate of drug-likeness (QED) is 0.310. The summed E-state index contributed by atoms with van der Waals surface area (Å²) in [4.78, 5) is 22.3. The summed E-state index contributed by atoms with van der Waals surface area (Å²) in [5.41, 5.74) is 2.17. The van der Waals surface area contributed by atoms with Crippen molar-refractivity contribution in [1.82, 2.24) is 5.43 Å². The van der Waals surface area contributed by atoms with Gasteiger partial charge in [0.25, 0.3) is 0 Å². The van der Waals surface area contributed by atoms with E-state index in [1.807, 2.05) is 13.8 Å². The molecule has 1 aromatic carbocycles. The standard InChI is InChI=1S/C12H17N3O4/c1-3-18-9-6-5-8(7-10(9)19-4-2)14-11(16)12(17)15-13/h5-7H,3-4,13H2,1-2H3,(H,14,16)(H,15,17). The maximum Gasteiger partial charge on any atom is 0.323 e. The minimum Gasteiger partial charge on any atom is -0.490 e. The molecule has 0 saturated heterocycles. The summed E-state index contributed by atoms with van der Waals surface area (Å²) < 4.78 is 10.8. The van der Waals surface area contributed by atoms with Gasteiger partial charge in [0.15, 0.2) is 11.5 Å². The fraction of sp³-hybridized carbons (Fsp3) is 0.333. The second-order valence-electron chi connectivity index (χ2n) is 3.46. The maximum absolute atomic E-state index is 11.3. The lowest BCUT2D eigenvalue weighted by Gasteiger charge is -2.12. The van der Waals surface area contributed by atoms with E-state index in [1.165, 1.54) is 0 Å². The van der Waals surface area contributed by atoms with Crippen molar-refractivity contribution in [2.24, 2.45) is 5.84 Å². The predicted molar refractivity (Wildman–Crippen MR) is 69.7 cm³/mol. The maximum atomic E-state index is 11.3. The van der Waals surface area contributed by atoms with Crippen LogP contribution in [0.25, 0.3) is 0 Å². The number of hydrazine groups is 1. The number of hydrogen-bond donors (Lipinski definition) is 3. The van der Waals surface area contributed by atoms with E-state index in [9.17, 15) is 9.59 Å². The lowest BCUT2D eigenvalue weighted by atomic mass is 10.2. The number of rotatable bonds is 5. The zero-order valence-electron chi connectivity index (χ0n) is 10.9. The Labute approximate surface area is 111 Å². The lowest BCUT2D eigenvalue weighted by Crippen LogP contribution is -2.39. The molecule has 0 heterocycles. The number of anilines is 1. The Balaban J connectivity index is 2.88. The summed E-state index contributed by atoms with van der Waals surface area (Å²) in [6.45, 7) is 4.65. The molecule has 4 N–H and O–H groups in total.